The van der Waals surface area contributed by atoms with E-state index in [4.69, 9.17) is 4.74 Å². The van der Waals surface area contributed by atoms with Gasteiger partial charge in [-0.1, -0.05) is 48.6 Å². The van der Waals surface area contributed by atoms with Gasteiger partial charge in [-0.05, 0) is 49.2 Å². The van der Waals surface area contributed by atoms with Gasteiger partial charge in [-0.3, -0.25) is 0 Å². The standard InChI is InChI=1S/C19H18O2/c1-13(2)15-5-7-17(8-6-15)19(20)21-18-11-9-16(10-12-18)14(3)4/h5-12H,1,3H2,2,4H3. The van der Waals surface area contributed by atoms with E-state index < -0.39 is 0 Å². The largest absolute Gasteiger partial charge is 0.423 e. The van der Waals surface area contributed by atoms with E-state index in [9.17, 15) is 4.79 Å². The lowest BCUT2D eigenvalue weighted by Gasteiger charge is -2.06. The second-order valence-corrected chi connectivity index (χ2v) is 5.05. The molecule has 2 aromatic carbocycles. The molecule has 0 N–H and O–H groups in total. The highest BCUT2D eigenvalue weighted by Crippen LogP contribution is 2.19. The molecule has 106 valence electrons. The first kappa shape index (κ1) is 14.8. The Hall–Kier alpha value is -2.61. The summed E-state index contributed by atoms with van der Waals surface area (Å²) in [5, 5.41) is 0. The first-order chi connectivity index (χ1) is 9.97. The summed E-state index contributed by atoms with van der Waals surface area (Å²) < 4.78 is 5.34. The Morgan fingerprint density at radius 1 is 0.762 bits per heavy atom. The van der Waals surface area contributed by atoms with Crippen molar-refractivity contribution in [2.24, 2.45) is 0 Å². The van der Waals surface area contributed by atoms with Crippen molar-refractivity contribution < 1.29 is 9.53 Å². The molecule has 2 aromatic rings. The van der Waals surface area contributed by atoms with Crippen molar-refractivity contribution >= 4 is 17.1 Å². The van der Waals surface area contributed by atoms with E-state index in [2.05, 4.69) is 13.2 Å². The van der Waals surface area contributed by atoms with Crippen LogP contribution < -0.4 is 4.74 Å². The summed E-state index contributed by atoms with van der Waals surface area (Å²) in [6.07, 6.45) is 0. The predicted molar refractivity (Wildman–Crippen MR) is 87.3 cm³/mol. The van der Waals surface area contributed by atoms with Gasteiger partial charge in [0, 0.05) is 0 Å². The molecule has 2 rings (SSSR count). The van der Waals surface area contributed by atoms with Crippen LogP contribution in [0.4, 0.5) is 0 Å². The molecule has 0 aromatic heterocycles. The van der Waals surface area contributed by atoms with Gasteiger partial charge >= 0.3 is 5.97 Å². The highest BCUT2D eigenvalue weighted by atomic mass is 16.5. The van der Waals surface area contributed by atoms with Crippen LogP contribution in [0.2, 0.25) is 0 Å². The summed E-state index contributed by atoms with van der Waals surface area (Å²) in [6, 6.07) is 14.5. The molecule has 0 fully saturated rings. The van der Waals surface area contributed by atoms with Crippen molar-refractivity contribution in [3.63, 3.8) is 0 Å². The van der Waals surface area contributed by atoms with Crippen LogP contribution in [0.5, 0.6) is 5.75 Å². The third kappa shape index (κ3) is 3.69. The monoisotopic (exact) mass is 278 g/mol. The van der Waals surface area contributed by atoms with Gasteiger partial charge in [-0.2, -0.15) is 0 Å². The van der Waals surface area contributed by atoms with Gasteiger partial charge in [-0.15, -0.1) is 0 Å². The zero-order valence-corrected chi connectivity index (χ0v) is 12.3. The average molecular weight is 278 g/mol. The van der Waals surface area contributed by atoms with Crippen LogP contribution in [0.3, 0.4) is 0 Å². The Labute approximate surface area is 125 Å². The lowest BCUT2D eigenvalue weighted by molar-refractivity contribution is 0.0735. The Bertz CT molecular complexity index is 677. The first-order valence-electron chi connectivity index (χ1n) is 6.71. The third-order valence-corrected chi connectivity index (χ3v) is 3.17. The molecule has 0 amide bonds. The summed E-state index contributed by atoms with van der Waals surface area (Å²) in [4.78, 5) is 12.1. The minimum absolute atomic E-state index is 0.369. The average Bonchev–Trinajstić information content (AvgIpc) is 2.47. The molecule has 0 radical (unpaired) electrons. The molecule has 0 aliphatic rings. The highest BCUT2D eigenvalue weighted by Gasteiger charge is 2.08. The molecular weight excluding hydrogens is 260 g/mol. The molecule has 2 nitrogen and oxygen atoms in total. The first-order valence-corrected chi connectivity index (χ1v) is 6.71. The number of allylic oxidation sites excluding steroid dienone is 2. The number of carbonyl (C=O) groups excluding carboxylic acids is 1. The van der Waals surface area contributed by atoms with Crippen molar-refractivity contribution in [1.29, 1.82) is 0 Å². The highest BCUT2D eigenvalue weighted by molar-refractivity contribution is 5.91. The smallest absolute Gasteiger partial charge is 0.343 e. The van der Waals surface area contributed by atoms with E-state index in [1.807, 2.05) is 38.1 Å². The fourth-order valence-electron chi connectivity index (χ4n) is 1.86. The fraction of sp³-hybridized carbons (Fsp3) is 0.105. The molecule has 0 aliphatic heterocycles. The van der Waals surface area contributed by atoms with Crippen molar-refractivity contribution in [3.05, 3.63) is 78.4 Å². The summed E-state index contributed by atoms with van der Waals surface area (Å²) in [7, 11) is 0. The Balaban J connectivity index is 2.10. The van der Waals surface area contributed by atoms with E-state index in [0.29, 0.717) is 11.3 Å². The second-order valence-electron chi connectivity index (χ2n) is 5.05. The molecule has 0 aliphatic carbocycles. The van der Waals surface area contributed by atoms with Crippen molar-refractivity contribution in [2.75, 3.05) is 0 Å². The maximum Gasteiger partial charge on any atom is 0.343 e. The Morgan fingerprint density at radius 2 is 1.14 bits per heavy atom. The van der Waals surface area contributed by atoms with Crippen LogP contribution in [0, 0.1) is 0 Å². The number of carbonyl (C=O) groups is 1. The van der Waals surface area contributed by atoms with Crippen LogP contribution in [0.1, 0.15) is 35.3 Å². The third-order valence-electron chi connectivity index (χ3n) is 3.17. The fourth-order valence-corrected chi connectivity index (χ4v) is 1.86. The molecular formula is C19H18O2. The summed E-state index contributed by atoms with van der Waals surface area (Å²) >= 11 is 0. The molecule has 2 heteroatoms. The number of hydrogen-bond donors (Lipinski definition) is 0. The normalized spacial score (nSPS) is 10.0. The van der Waals surface area contributed by atoms with Crippen LogP contribution in [0.15, 0.2) is 61.7 Å². The molecule has 0 unspecified atom stereocenters. The second kappa shape index (κ2) is 6.23. The number of esters is 1. The van der Waals surface area contributed by atoms with Crippen molar-refractivity contribution in [1.82, 2.24) is 0 Å². The molecule has 0 heterocycles. The minimum Gasteiger partial charge on any atom is -0.423 e. The molecule has 0 bridgehead atoms. The lowest BCUT2D eigenvalue weighted by atomic mass is 10.1. The van der Waals surface area contributed by atoms with E-state index in [0.717, 1.165) is 22.3 Å². The van der Waals surface area contributed by atoms with Gasteiger partial charge < -0.3 is 4.74 Å². The van der Waals surface area contributed by atoms with Gasteiger partial charge in [0.05, 0.1) is 5.56 Å². The topological polar surface area (TPSA) is 26.3 Å². The van der Waals surface area contributed by atoms with Gasteiger partial charge in [0.1, 0.15) is 5.75 Å². The number of benzene rings is 2. The minimum atomic E-state index is -0.369. The van der Waals surface area contributed by atoms with E-state index in [-0.39, 0.29) is 5.97 Å². The van der Waals surface area contributed by atoms with Crippen molar-refractivity contribution in [2.45, 2.75) is 13.8 Å². The molecule has 0 spiro atoms. The van der Waals surface area contributed by atoms with E-state index in [1.165, 1.54) is 0 Å². The SMILES string of the molecule is C=C(C)c1ccc(OC(=O)c2ccc(C(=C)C)cc2)cc1. The summed E-state index contributed by atoms with van der Waals surface area (Å²) in [5.74, 6) is 0.153. The summed E-state index contributed by atoms with van der Waals surface area (Å²) in [5.41, 5.74) is 4.50. The van der Waals surface area contributed by atoms with E-state index in [1.54, 1.807) is 24.3 Å². The van der Waals surface area contributed by atoms with Crippen molar-refractivity contribution in [3.8, 4) is 5.75 Å². The predicted octanol–water partition coefficient (Wildman–Crippen LogP) is 4.97. The lowest BCUT2D eigenvalue weighted by Crippen LogP contribution is -2.08. The van der Waals surface area contributed by atoms with Crippen LogP contribution in [-0.4, -0.2) is 5.97 Å². The van der Waals surface area contributed by atoms with Gasteiger partial charge in [-0.25, -0.2) is 4.79 Å². The molecule has 0 saturated heterocycles. The summed E-state index contributed by atoms with van der Waals surface area (Å²) in [6.45, 7) is 11.6. The Kier molecular flexibility index (Phi) is 4.39. The van der Waals surface area contributed by atoms with Crippen LogP contribution >= 0.6 is 0 Å². The molecule has 0 saturated carbocycles. The van der Waals surface area contributed by atoms with Crippen LogP contribution in [0.25, 0.3) is 11.1 Å². The number of ether oxygens (including phenoxy) is 1. The zero-order chi connectivity index (χ0) is 15.4. The zero-order valence-electron chi connectivity index (χ0n) is 12.3. The van der Waals surface area contributed by atoms with E-state index >= 15 is 0 Å². The quantitative estimate of drug-likeness (QED) is 0.583. The van der Waals surface area contributed by atoms with Gasteiger partial charge in [0.15, 0.2) is 0 Å². The van der Waals surface area contributed by atoms with Crippen LogP contribution in [-0.2, 0) is 0 Å². The number of rotatable bonds is 4. The maximum atomic E-state index is 12.1. The van der Waals surface area contributed by atoms with Gasteiger partial charge in [0.25, 0.3) is 0 Å². The Morgan fingerprint density at radius 3 is 1.57 bits per heavy atom. The molecule has 0 atom stereocenters. The molecule has 21 heavy (non-hydrogen) atoms. The number of hydrogen-bond acceptors (Lipinski definition) is 2. The maximum absolute atomic E-state index is 12.1. The van der Waals surface area contributed by atoms with Gasteiger partial charge in [0.2, 0.25) is 0 Å².